The Kier molecular flexibility index (Phi) is 5.02. The summed E-state index contributed by atoms with van der Waals surface area (Å²) in [6.45, 7) is 1.59. The number of rotatable bonds is 6. The van der Waals surface area contributed by atoms with Crippen LogP contribution < -0.4 is 4.72 Å². The maximum atomic E-state index is 11.8. The summed E-state index contributed by atoms with van der Waals surface area (Å²) >= 11 is 0.979. The van der Waals surface area contributed by atoms with Crippen molar-refractivity contribution in [2.45, 2.75) is 18.6 Å². The molecule has 19 heavy (non-hydrogen) atoms. The van der Waals surface area contributed by atoms with Gasteiger partial charge in [-0.2, -0.15) is 5.26 Å². The van der Waals surface area contributed by atoms with Crippen molar-refractivity contribution in [3.8, 4) is 6.07 Å². The van der Waals surface area contributed by atoms with Crippen molar-refractivity contribution in [2.24, 2.45) is 0 Å². The van der Waals surface area contributed by atoms with E-state index in [1.165, 1.54) is 12.3 Å². The van der Waals surface area contributed by atoms with Crippen molar-refractivity contribution in [1.29, 1.82) is 5.26 Å². The smallest absolute Gasteiger partial charge is 0.328 e. The minimum Gasteiger partial charge on any atom is -0.478 e. The highest BCUT2D eigenvalue weighted by molar-refractivity contribution is 7.93. The van der Waals surface area contributed by atoms with Gasteiger partial charge in [-0.3, -0.25) is 4.72 Å². The fraction of sp³-hybridized carbons (Fsp3) is 0.300. The summed E-state index contributed by atoms with van der Waals surface area (Å²) in [5, 5.41) is 16.1. The molecule has 0 saturated carbocycles. The van der Waals surface area contributed by atoms with Crippen molar-refractivity contribution >= 4 is 38.5 Å². The monoisotopic (exact) mass is 301 g/mol. The highest BCUT2D eigenvalue weighted by Gasteiger charge is 2.24. The Morgan fingerprint density at radius 1 is 1.74 bits per heavy atom. The largest absolute Gasteiger partial charge is 0.478 e. The Labute approximate surface area is 114 Å². The number of nitriles is 1. The molecule has 1 rings (SSSR count). The van der Waals surface area contributed by atoms with Crippen LogP contribution in [0.5, 0.6) is 0 Å². The van der Waals surface area contributed by atoms with E-state index < -0.39 is 21.2 Å². The molecule has 0 aliphatic heterocycles. The second kappa shape index (κ2) is 6.31. The van der Waals surface area contributed by atoms with Crippen molar-refractivity contribution < 1.29 is 18.3 Å². The van der Waals surface area contributed by atoms with Crippen LogP contribution in [-0.4, -0.2) is 29.7 Å². The molecule has 0 radical (unpaired) electrons. The van der Waals surface area contributed by atoms with Crippen molar-refractivity contribution in [2.75, 3.05) is 4.72 Å². The van der Waals surface area contributed by atoms with Gasteiger partial charge in [0, 0.05) is 17.2 Å². The lowest BCUT2D eigenvalue weighted by Crippen LogP contribution is -2.25. The number of carboxylic acids is 1. The number of nitrogens with zero attached hydrogens (tertiary/aromatic N) is 2. The molecule has 0 aliphatic rings. The van der Waals surface area contributed by atoms with E-state index in [4.69, 9.17) is 10.4 Å². The Hall–Kier alpha value is -1.92. The van der Waals surface area contributed by atoms with Gasteiger partial charge in [0.15, 0.2) is 10.4 Å². The summed E-state index contributed by atoms with van der Waals surface area (Å²) in [6.07, 6.45) is 3.74. The number of hydrogen-bond donors (Lipinski definition) is 2. The van der Waals surface area contributed by atoms with Crippen molar-refractivity contribution in [3.05, 3.63) is 17.2 Å². The number of nitrogens with one attached hydrogen (secondary N) is 1. The van der Waals surface area contributed by atoms with Crippen molar-refractivity contribution in [1.82, 2.24) is 4.98 Å². The highest BCUT2D eigenvalue weighted by Crippen LogP contribution is 2.21. The zero-order valence-corrected chi connectivity index (χ0v) is 11.5. The van der Waals surface area contributed by atoms with Crippen LogP contribution in [0.15, 0.2) is 12.3 Å². The normalized spacial score (nSPS) is 13.1. The number of aliphatic carboxylic acids is 1. The van der Waals surface area contributed by atoms with Crippen LogP contribution in [0.25, 0.3) is 6.08 Å². The number of carboxylic acid groups (broad SMARTS) is 1. The van der Waals surface area contributed by atoms with Gasteiger partial charge in [0.2, 0.25) is 0 Å². The third kappa shape index (κ3) is 4.35. The lowest BCUT2D eigenvalue weighted by molar-refractivity contribution is -0.131. The topological polar surface area (TPSA) is 120 Å². The van der Waals surface area contributed by atoms with Crippen LogP contribution in [0.3, 0.4) is 0 Å². The first-order valence-electron chi connectivity index (χ1n) is 5.17. The van der Waals surface area contributed by atoms with Gasteiger partial charge in [-0.1, -0.05) is 18.3 Å². The lowest BCUT2D eigenvalue weighted by Gasteiger charge is -2.07. The maximum absolute atomic E-state index is 11.8. The molecule has 1 unspecified atom stereocenters. The molecule has 0 aliphatic carbocycles. The average molecular weight is 301 g/mol. The summed E-state index contributed by atoms with van der Waals surface area (Å²) in [5.74, 6) is -1.11. The SMILES string of the molecule is CCC(C#N)S(=O)(=O)Nc1ncc(C=CC(=O)O)s1. The Balaban J connectivity index is 2.85. The molecule has 1 heterocycles. The Morgan fingerprint density at radius 2 is 2.42 bits per heavy atom. The van der Waals surface area contributed by atoms with E-state index in [0.29, 0.717) is 4.88 Å². The summed E-state index contributed by atoms with van der Waals surface area (Å²) in [7, 11) is -3.80. The zero-order valence-electron chi connectivity index (χ0n) is 9.90. The summed E-state index contributed by atoms with van der Waals surface area (Å²) in [4.78, 5) is 14.6. The lowest BCUT2D eigenvalue weighted by atomic mass is 10.4. The maximum Gasteiger partial charge on any atom is 0.328 e. The molecule has 2 N–H and O–H groups in total. The summed E-state index contributed by atoms with van der Waals surface area (Å²) in [5.41, 5.74) is 0. The van der Waals surface area contributed by atoms with Gasteiger partial charge in [0.05, 0.1) is 6.07 Å². The predicted molar refractivity (Wildman–Crippen MR) is 71.0 cm³/mol. The van der Waals surface area contributed by atoms with Crippen LogP contribution in [0.2, 0.25) is 0 Å². The Morgan fingerprint density at radius 3 is 2.95 bits per heavy atom. The van der Waals surface area contributed by atoms with Crippen LogP contribution in [0.1, 0.15) is 18.2 Å². The van der Waals surface area contributed by atoms with E-state index in [-0.39, 0.29) is 11.6 Å². The van der Waals surface area contributed by atoms with Gasteiger partial charge in [0.25, 0.3) is 10.0 Å². The third-order valence-corrected chi connectivity index (χ3v) is 4.71. The standard InChI is InChI=1S/C10H11N3O4S2/c1-2-8(5-11)19(16,17)13-10-12-6-7(18-10)3-4-9(14)15/h3-4,6,8H,2H2,1H3,(H,12,13)(H,14,15). The summed E-state index contributed by atoms with van der Waals surface area (Å²) in [6, 6.07) is 1.69. The fourth-order valence-corrected chi connectivity index (χ4v) is 3.24. The number of hydrogen-bond acceptors (Lipinski definition) is 6. The second-order valence-electron chi connectivity index (χ2n) is 3.41. The van der Waals surface area contributed by atoms with Crippen LogP contribution in [0.4, 0.5) is 5.13 Å². The predicted octanol–water partition coefficient (Wildman–Crippen LogP) is 1.28. The molecule has 0 aromatic carbocycles. The van der Waals surface area contributed by atoms with Crippen LogP contribution in [-0.2, 0) is 14.8 Å². The molecule has 0 spiro atoms. The quantitative estimate of drug-likeness (QED) is 0.764. The second-order valence-corrected chi connectivity index (χ2v) is 6.34. The van der Waals surface area contributed by atoms with E-state index in [1.54, 1.807) is 13.0 Å². The molecule has 9 heteroatoms. The Bertz CT molecular complexity index is 627. The van der Waals surface area contributed by atoms with E-state index in [1.807, 2.05) is 0 Å². The molecule has 1 aromatic rings. The van der Waals surface area contributed by atoms with E-state index in [2.05, 4.69) is 9.71 Å². The third-order valence-electron chi connectivity index (χ3n) is 2.03. The van der Waals surface area contributed by atoms with Gasteiger partial charge in [0.1, 0.15) is 0 Å². The number of aromatic nitrogens is 1. The van der Waals surface area contributed by atoms with Crippen molar-refractivity contribution in [3.63, 3.8) is 0 Å². The average Bonchev–Trinajstić information content (AvgIpc) is 2.74. The first-order chi connectivity index (χ1) is 8.89. The molecule has 1 aromatic heterocycles. The molecular weight excluding hydrogens is 290 g/mol. The zero-order chi connectivity index (χ0) is 14.5. The molecule has 102 valence electrons. The number of thiazole rings is 1. The number of sulfonamides is 1. The van der Waals surface area contributed by atoms with Gasteiger partial charge in [-0.15, -0.1) is 0 Å². The minimum absolute atomic E-state index is 0.0961. The first kappa shape index (κ1) is 15.1. The molecule has 1 atom stereocenters. The molecule has 0 saturated heterocycles. The number of anilines is 1. The first-order valence-corrected chi connectivity index (χ1v) is 7.53. The molecule has 0 fully saturated rings. The molecule has 7 nitrogen and oxygen atoms in total. The van der Waals surface area contributed by atoms with Gasteiger partial charge < -0.3 is 5.11 Å². The van der Waals surface area contributed by atoms with E-state index in [0.717, 1.165) is 17.4 Å². The van der Waals surface area contributed by atoms with Crippen LogP contribution >= 0.6 is 11.3 Å². The van der Waals surface area contributed by atoms with Gasteiger partial charge >= 0.3 is 5.97 Å². The van der Waals surface area contributed by atoms with Gasteiger partial charge in [-0.25, -0.2) is 18.2 Å². The summed E-state index contributed by atoms with van der Waals surface area (Å²) < 4.78 is 25.7. The fourth-order valence-electron chi connectivity index (χ4n) is 1.14. The van der Waals surface area contributed by atoms with E-state index >= 15 is 0 Å². The minimum atomic E-state index is -3.80. The van der Waals surface area contributed by atoms with Crippen LogP contribution in [0, 0.1) is 11.3 Å². The number of carbonyl (C=O) groups is 1. The van der Waals surface area contributed by atoms with E-state index in [9.17, 15) is 13.2 Å². The molecular formula is C10H11N3O4S2. The highest BCUT2D eigenvalue weighted by atomic mass is 32.2. The van der Waals surface area contributed by atoms with Gasteiger partial charge in [-0.05, 0) is 12.5 Å². The molecule has 0 amide bonds. The molecule has 0 bridgehead atoms.